The van der Waals surface area contributed by atoms with Gasteiger partial charge in [0, 0.05) is 17.0 Å². The molecule has 1 aromatic heterocycles. The number of rotatable bonds is 7. The normalized spacial score (nSPS) is 14.7. The fraction of sp³-hybridized carbons (Fsp3) is 0.643. The van der Waals surface area contributed by atoms with Gasteiger partial charge in [-0.2, -0.15) is 0 Å². The molecule has 1 rings (SSSR count). The molecular formula is C14H25N3OS. The Bertz CT molecular complexity index is 378. The standard InChI is InChI=1S/C14H25N3OS/c1-5-11(15)14(12-7-6-8-19-12)17(4)9-13(18)16-10(2)3/h6-8,10-11,14H,5,9,15H2,1-4H3,(H,16,18). The summed E-state index contributed by atoms with van der Waals surface area (Å²) in [6, 6.07) is 4.42. The average Bonchev–Trinajstić information content (AvgIpc) is 2.81. The van der Waals surface area contributed by atoms with Crippen LogP contribution in [-0.4, -0.2) is 36.5 Å². The summed E-state index contributed by atoms with van der Waals surface area (Å²) >= 11 is 1.69. The zero-order valence-corrected chi connectivity index (χ0v) is 13.0. The van der Waals surface area contributed by atoms with Crippen molar-refractivity contribution in [3.8, 4) is 0 Å². The van der Waals surface area contributed by atoms with Gasteiger partial charge in [0.25, 0.3) is 0 Å². The Morgan fingerprint density at radius 2 is 2.21 bits per heavy atom. The Hall–Kier alpha value is -0.910. The van der Waals surface area contributed by atoms with Gasteiger partial charge in [0.05, 0.1) is 12.6 Å². The lowest BCUT2D eigenvalue weighted by atomic mass is 10.0. The molecule has 0 saturated heterocycles. The van der Waals surface area contributed by atoms with Gasteiger partial charge in [-0.1, -0.05) is 13.0 Å². The summed E-state index contributed by atoms with van der Waals surface area (Å²) < 4.78 is 0. The number of thiophene rings is 1. The van der Waals surface area contributed by atoms with Gasteiger partial charge in [0.2, 0.25) is 5.91 Å². The molecule has 0 bridgehead atoms. The third kappa shape index (κ3) is 4.93. The molecule has 0 saturated carbocycles. The first-order valence-corrected chi connectivity index (χ1v) is 7.62. The summed E-state index contributed by atoms with van der Waals surface area (Å²) in [6.45, 7) is 6.38. The van der Waals surface area contributed by atoms with E-state index in [0.717, 1.165) is 6.42 Å². The van der Waals surface area contributed by atoms with Crippen LogP contribution in [0.15, 0.2) is 17.5 Å². The van der Waals surface area contributed by atoms with E-state index in [1.54, 1.807) is 11.3 Å². The molecule has 0 fully saturated rings. The fourth-order valence-electron chi connectivity index (χ4n) is 2.13. The van der Waals surface area contributed by atoms with Gasteiger partial charge in [-0.05, 0) is 38.8 Å². The minimum absolute atomic E-state index is 0.0375. The molecular weight excluding hydrogens is 258 g/mol. The third-order valence-corrected chi connectivity index (χ3v) is 3.97. The van der Waals surface area contributed by atoms with Crippen molar-refractivity contribution in [2.45, 2.75) is 45.3 Å². The minimum atomic E-state index is 0.0375. The molecule has 19 heavy (non-hydrogen) atoms. The summed E-state index contributed by atoms with van der Waals surface area (Å²) in [4.78, 5) is 15.1. The molecule has 4 nitrogen and oxygen atoms in total. The van der Waals surface area contributed by atoms with Crippen LogP contribution < -0.4 is 11.1 Å². The minimum Gasteiger partial charge on any atom is -0.353 e. The van der Waals surface area contributed by atoms with Gasteiger partial charge >= 0.3 is 0 Å². The van der Waals surface area contributed by atoms with E-state index in [1.807, 2.05) is 37.2 Å². The highest BCUT2D eigenvalue weighted by Crippen LogP contribution is 2.27. The van der Waals surface area contributed by atoms with Crippen molar-refractivity contribution in [2.75, 3.05) is 13.6 Å². The van der Waals surface area contributed by atoms with Gasteiger partial charge in [0.1, 0.15) is 0 Å². The average molecular weight is 283 g/mol. The number of amides is 1. The van der Waals surface area contributed by atoms with Crippen LogP contribution in [-0.2, 0) is 4.79 Å². The van der Waals surface area contributed by atoms with E-state index in [0.29, 0.717) is 6.54 Å². The van der Waals surface area contributed by atoms with E-state index in [1.165, 1.54) is 4.88 Å². The number of carbonyl (C=O) groups is 1. The highest BCUT2D eigenvalue weighted by molar-refractivity contribution is 7.10. The van der Waals surface area contributed by atoms with E-state index in [2.05, 4.69) is 18.3 Å². The van der Waals surface area contributed by atoms with Crippen molar-refractivity contribution in [3.05, 3.63) is 22.4 Å². The maximum atomic E-state index is 11.9. The number of nitrogens with zero attached hydrogens (tertiary/aromatic N) is 1. The topological polar surface area (TPSA) is 58.4 Å². The van der Waals surface area contributed by atoms with E-state index >= 15 is 0 Å². The van der Waals surface area contributed by atoms with Crippen molar-refractivity contribution in [2.24, 2.45) is 5.73 Å². The van der Waals surface area contributed by atoms with Gasteiger partial charge in [-0.15, -0.1) is 11.3 Å². The molecule has 2 atom stereocenters. The Morgan fingerprint density at radius 3 is 2.68 bits per heavy atom. The van der Waals surface area contributed by atoms with Crippen molar-refractivity contribution in [3.63, 3.8) is 0 Å². The predicted molar refractivity (Wildman–Crippen MR) is 81.2 cm³/mol. The Kier molecular flexibility index (Phi) is 6.48. The number of likely N-dealkylation sites (N-methyl/N-ethyl adjacent to an activating group) is 1. The lowest BCUT2D eigenvalue weighted by molar-refractivity contribution is -0.123. The molecule has 0 aliphatic carbocycles. The zero-order chi connectivity index (χ0) is 14.4. The van der Waals surface area contributed by atoms with Gasteiger partial charge in [0.15, 0.2) is 0 Å². The molecule has 0 aliphatic rings. The Labute approximate surface area is 120 Å². The molecule has 0 radical (unpaired) electrons. The van der Waals surface area contributed by atoms with Crippen LogP contribution in [0, 0.1) is 0 Å². The summed E-state index contributed by atoms with van der Waals surface area (Å²) in [7, 11) is 1.96. The highest BCUT2D eigenvalue weighted by atomic mass is 32.1. The quantitative estimate of drug-likeness (QED) is 0.804. The van der Waals surface area contributed by atoms with Crippen molar-refractivity contribution < 1.29 is 4.79 Å². The van der Waals surface area contributed by atoms with Crippen LogP contribution in [0.25, 0.3) is 0 Å². The second-order valence-electron chi connectivity index (χ2n) is 5.17. The van der Waals surface area contributed by atoms with Crippen LogP contribution in [0.3, 0.4) is 0 Å². The van der Waals surface area contributed by atoms with Crippen LogP contribution in [0.5, 0.6) is 0 Å². The summed E-state index contributed by atoms with van der Waals surface area (Å²) in [5.41, 5.74) is 6.22. The molecule has 3 N–H and O–H groups in total. The van der Waals surface area contributed by atoms with E-state index < -0.39 is 0 Å². The number of hydrogen-bond acceptors (Lipinski definition) is 4. The van der Waals surface area contributed by atoms with Gasteiger partial charge in [-0.3, -0.25) is 9.69 Å². The first kappa shape index (κ1) is 16.1. The Balaban J connectivity index is 2.73. The number of hydrogen-bond donors (Lipinski definition) is 2. The number of carbonyl (C=O) groups excluding carboxylic acids is 1. The van der Waals surface area contributed by atoms with Crippen LogP contribution in [0.1, 0.15) is 38.1 Å². The monoisotopic (exact) mass is 283 g/mol. The van der Waals surface area contributed by atoms with Crippen LogP contribution in [0.2, 0.25) is 0 Å². The van der Waals surface area contributed by atoms with Crippen LogP contribution >= 0.6 is 11.3 Å². The summed E-state index contributed by atoms with van der Waals surface area (Å²) in [5, 5.41) is 4.96. The molecule has 0 spiro atoms. The van der Waals surface area contributed by atoms with Crippen molar-refractivity contribution >= 4 is 17.2 Å². The molecule has 2 unspecified atom stereocenters. The maximum Gasteiger partial charge on any atom is 0.234 e. The Morgan fingerprint density at radius 1 is 1.53 bits per heavy atom. The zero-order valence-electron chi connectivity index (χ0n) is 12.2. The van der Waals surface area contributed by atoms with E-state index in [4.69, 9.17) is 5.73 Å². The molecule has 1 aromatic rings. The lowest BCUT2D eigenvalue weighted by Gasteiger charge is -2.31. The van der Waals surface area contributed by atoms with E-state index in [-0.39, 0.29) is 24.0 Å². The van der Waals surface area contributed by atoms with E-state index in [9.17, 15) is 4.79 Å². The maximum absolute atomic E-state index is 11.9. The SMILES string of the molecule is CCC(N)C(c1cccs1)N(C)CC(=O)NC(C)C. The molecule has 1 amide bonds. The number of nitrogens with one attached hydrogen (secondary N) is 1. The molecule has 0 aromatic carbocycles. The van der Waals surface area contributed by atoms with Gasteiger partial charge < -0.3 is 11.1 Å². The fourth-order valence-corrected chi connectivity index (χ4v) is 3.10. The summed E-state index contributed by atoms with van der Waals surface area (Å²) in [6.07, 6.45) is 0.888. The van der Waals surface area contributed by atoms with Crippen molar-refractivity contribution in [1.29, 1.82) is 0 Å². The smallest absolute Gasteiger partial charge is 0.234 e. The second kappa shape index (κ2) is 7.62. The number of nitrogens with two attached hydrogens (primary N) is 1. The lowest BCUT2D eigenvalue weighted by Crippen LogP contribution is -2.44. The van der Waals surface area contributed by atoms with Crippen molar-refractivity contribution in [1.82, 2.24) is 10.2 Å². The predicted octanol–water partition coefficient (Wildman–Crippen LogP) is 1.98. The molecule has 0 aliphatic heterocycles. The molecule has 5 heteroatoms. The van der Waals surface area contributed by atoms with Crippen LogP contribution in [0.4, 0.5) is 0 Å². The first-order chi connectivity index (χ1) is 8.95. The third-order valence-electron chi connectivity index (χ3n) is 3.03. The molecule has 108 valence electrons. The highest BCUT2D eigenvalue weighted by Gasteiger charge is 2.25. The first-order valence-electron chi connectivity index (χ1n) is 6.74. The van der Waals surface area contributed by atoms with Gasteiger partial charge in [-0.25, -0.2) is 0 Å². The molecule has 1 heterocycles. The largest absolute Gasteiger partial charge is 0.353 e. The summed E-state index contributed by atoms with van der Waals surface area (Å²) in [5.74, 6) is 0.0439. The second-order valence-corrected chi connectivity index (χ2v) is 6.15.